The predicted molar refractivity (Wildman–Crippen MR) is 77.4 cm³/mol. The van der Waals surface area contributed by atoms with E-state index in [4.69, 9.17) is 9.79 Å². The maximum atomic E-state index is 11.9. The van der Waals surface area contributed by atoms with Crippen LogP contribution in [0.25, 0.3) is 0 Å². The number of carbonyl (C=O) groups is 1. The Hall–Kier alpha value is -1.88. The van der Waals surface area contributed by atoms with Gasteiger partial charge in [-0.05, 0) is 36.6 Å². The van der Waals surface area contributed by atoms with E-state index in [2.05, 4.69) is 5.09 Å². The number of aryl methyl sites for hydroxylation is 1. The molecule has 0 aromatic heterocycles. The standard InChI is InChI=1S/C14H16NO5P/c16-11-7-4-10(5-8-11)6-9-12-13(15-21(18,19)20)2-1-3-14(12)17/h1,3-5,7-8,16H,2,6,9H2,(H3,15,18,19,20). The second kappa shape index (κ2) is 6.26. The van der Waals surface area contributed by atoms with Crippen molar-refractivity contribution in [3.05, 3.63) is 53.3 Å². The summed E-state index contributed by atoms with van der Waals surface area (Å²) in [4.78, 5) is 29.9. The van der Waals surface area contributed by atoms with Gasteiger partial charge in [-0.2, -0.15) is 0 Å². The lowest BCUT2D eigenvalue weighted by Crippen LogP contribution is -2.18. The molecule has 1 aliphatic carbocycles. The summed E-state index contributed by atoms with van der Waals surface area (Å²) in [6.07, 6.45) is 4.20. The van der Waals surface area contributed by atoms with Crippen LogP contribution in [0.2, 0.25) is 0 Å². The zero-order chi connectivity index (χ0) is 15.5. The minimum Gasteiger partial charge on any atom is -0.508 e. The first-order chi connectivity index (χ1) is 9.85. The maximum Gasteiger partial charge on any atom is 0.427 e. The lowest BCUT2D eigenvalue weighted by molar-refractivity contribution is -0.111. The van der Waals surface area contributed by atoms with Crippen molar-refractivity contribution in [2.45, 2.75) is 19.3 Å². The first-order valence-corrected chi connectivity index (χ1v) is 8.01. The van der Waals surface area contributed by atoms with Gasteiger partial charge in [0.15, 0.2) is 5.78 Å². The molecule has 0 bridgehead atoms. The predicted octanol–water partition coefficient (Wildman–Crippen LogP) is 1.79. The largest absolute Gasteiger partial charge is 0.508 e. The molecule has 6 nitrogen and oxygen atoms in total. The van der Waals surface area contributed by atoms with Crippen LogP contribution in [0.1, 0.15) is 18.4 Å². The van der Waals surface area contributed by atoms with E-state index in [1.54, 1.807) is 30.3 Å². The summed E-state index contributed by atoms with van der Waals surface area (Å²) >= 11 is 0. The molecule has 1 aromatic rings. The molecular formula is C14H16NO5P. The number of allylic oxidation sites excluding steroid dienone is 3. The number of nitrogens with one attached hydrogen (secondary N) is 1. The summed E-state index contributed by atoms with van der Waals surface area (Å²) in [6.45, 7) is 0. The second-order valence-electron chi connectivity index (χ2n) is 4.75. The van der Waals surface area contributed by atoms with Crippen LogP contribution < -0.4 is 5.09 Å². The molecule has 0 atom stereocenters. The van der Waals surface area contributed by atoms with Crippen LogP contribution in [0.3, 0.4) is 0 Å². The molecule has 0 fully saturated rings. The normalized spacial score (nSPS) is 15.4. The molecule has 7 heteroatoms. The summed E-state index contributed by atoms with van der Waals surface area (Å²) in [7, 11) is -4.43. The Labute approximate surface area is 122 Å². The Kier molecular flexibility index (Phi) is 4.63. The molecule has 112 valence electrons. The quantitative estimate of drug-likeness (QED) is 0.618. The van der Waals surface area contributed by atoms with Gasteiger partial charge in [-0.3, -0.25) is 9.88 Å². The van der Waals surface area contributed by atoms with Crippen molar-refractivity contribution in [3.63, 3.8) is 0 Å². The number of rotatable bonds is 5. The van der Waals surface area contributed by atoms with Crippen LogP contribution in [-0.2, 0) is 15.8 Å². The Morgan fingerprint density at radius 3 is 2.43 bits per heavy atom. The number of aromatic hydroxyl groups is 1. The van der Waals surface area contributed by atoms with E-state index in [9.17, 15) is 14.5 Å². The Morgan fingerprint density at radius 1 is 1.14 bits per heavy atom. The number of hydrogen-bond acceptors (Lipinski definition) is 3. The summed E-state index contributed by atoms with van der Waals surface area (Å²) < 4.78 is 11.0. The molecule has 0 radical (unpaired) electrons. The first kappa shape index (κ1) is 15.5. The molecule has 0 saturated heterocycles. The van der Waals surface area contributed by atoms with E-state index >= 15 is 0 Å². The van der Waals surface area contributed by atoms with Crippen molar-refractivity contribution in [1.82, 2.24) is 5.09 Å². The molecule has 4 N–H and O–H groups in total. The zero-order valence-electron chi connectivity index (χ0n) is 11.2. The van der Waals surface area contributed by atoms with Crippen molar-refractivity contribution >= 4 is 13.5 Å². The highest BCUT2D eigenvalue weighted by molar-refractivity contribution is 7.49. The molecular weight excluding hydrogens is 293 g/mol. The van der Waals surface area contributed by atoms with Crippen molar-refractivity contribution in [2.75, 3.05) is 0 Å². The Balaban J connectivity index is 2.14. The summed E-state index contributed by atoms with van der Waals surface area (Å²) in [5.41, 5.74) is 1.58. The zero-order valence-corrected chi connectivity index (χ0v) is 12.1. The summed E-state index contributed by atoms with van der Waals surface area (Å²) in [5, 5.41) is 11.3. The first-order valence-electron chi connectivity index (χ1n) is 6.40. The van der Waals surface area contributed by atoms with Crippen LogP contribution in [0, 0.1) is 0 Å². The lowest BCUT2D eigenvalue weighted by atomic mass is 9.95. The molecule has 0 amide bonds. The van der Waals surface area contributed by atoms with E-state index in [1.165, 1.54) is 6.08 Å². The molecule has 1 aromatic carbocycles. The van der Waals surface area contributed by atoms with Crippen molar-refractivity contribution in [3.8, 4) is 5.75 Å². The van der Waals surface area contributed by atoms with E-state index in [0.717, 1.165) is 5.56 Å². The molecule has 0 saturated carbocycles. The molecule has 21 heavy (non-hydrogen) atoms. The highest BCUT2D eigenvalue weighted by Gasteiger charge is 2.22. The Morgan fingerprint density at radius 2 is 1.81 bits per heavy atom. The molecule has 1 aliphatic rings. The highest BCUT2D eigenvalue weighted by Crippen LogP contribution is 2.33. The van der Waals surface area contributed by atoms with Crippen molar-refractivity contribution in [1.29, 1.82) is 0 Å². The minimum absolute atomic E-state index is 0.165. The average Bonchev–Trinajstić information content (AvgIpc) is 2.38. The number of phenols is 1. The number of phenolic OH excluding ortho intramolecular Hbond substituents is 1. The topological polar surface area (TPSA) is 107 Å². The minimum atomic E-state index is -4.43. The van der Waals surface area contributed by atoms with Crippen molar-refractivity contribution in [2.24, 2.45) is 0 Å². The van der Waals surface area contributed by atoms with Gasteiger partial charge < -0.3 is 14.9 Å². The van der Waals surface area contributed by atoms with E-state index in [1.807, 2.05) is 0 Å². The second-order valence-corrected chi connectivity index (χ2v) is 6.06. The van der Waals surface area contributed by atoms with Gasteiger partial charge >= 0.3 is 7.75 Å². The Bertz CT molecular complexity index is 642. The van der Waals surface area contributed by atoms with E-state index in [-0.39, 0.29) is 17.2 Å². The summed E-state index contributed by atoms with van der Waals surface area (Å²) in [6, 6.07) is 6.60. The number of carbonyl (C=O) groups excluding carboxylic acids is 1. The highest BCUT2D eigenvalue weighted by atomic mass is 31.2. The van der Waals surface area contributed by atoms with Gasteiger partial charge in [-0.25, -0.2) is 4.57 Å². The van der Waals surface area contributed by atoms with Crippen LogP contribution in [0.5, 0.6) is 5.75 Å². The fraction of sp³-hybridized carbons (Fsp3) is 0.214. The molecule has 0 heterocycles. The molecule has 2 rings (SSSR count). The smallest absolute Gasteiger partial charge is 0.427 e. The van der Waals surface area contributed by atoms with E-state index < -0.39 is 7.75 Å². The molecule has 0 aliphatic heterocycles. The molecule has 0 spiro atoms. The summed E-state index contributed by atoms with van der Waals surface area (Å²) in [5.74, 6) is -0.0746. The SMILES string of the molecule is O=C1C=CCC(NP(=O)(O)O)=C1CCc1ccc(O)cc1. The van der Waals surface area contributed by atoms with Gasteiger partial charge in [0.25, 0.3) is 0 Å². The van der Waals surface area contributed by atoms with Gasteiger partial charge in [0.1, 0.15) is 5.75 Å². The van der Waals surface area contributed by atoms with Crippen LogP contribution in [0.15, 0.2) is 47.7 Å². The van der Waals surface area contributed by atoms with Gasteiger partial charge in [-0.15, -0.1) is 0 Å². The third-order valence-corrected chi connectivity index (χ3v) is 3.69. The number of benzene rings is 1. The van der Waals surface area contributed by atoms with Crippen LogP contribution in [-0.4, -0.2) is 20.7 Å². The number of hydrogen-bond donors (Lipinski definition) is 4. The van der Waals surface area contributed by atoms with Crippen LogP contribution in [0.4, 0.5) is 0 Å². The lowest BCUT2D eigenvalue weighted by Gasteiger charge is -2.18. The third kappa shape index (κ3) is 4.56. The number of ketones is 1. The van der Waals surface area contributed by atoms with Crippen LogP contribution >= 0.6 is 7.75 Å². The fourth-order valence-corrected chi connectivity index (χ4v) is 2.73. The van der Waals surface area contributed by atoms with Gasteiger partial charge in [0, 0.05) is 17.7 Å². The van der Waals surface area contributed by atoms with Gasteiger partial charge in [-0.1, -0.05) is 18.2 Å². The maximum absolute atomic E-state index is 11.9. The molecule has 0 unspecified atom stereocenters. The monoisotopic (exact) mass is 309 g/mol. The van der Waals surface area contributed by atoms with Crippen molar-refractivity contribution < 1.29 is 24.3 Å². The third-order valence-electron chi connectivity index (χ3n) is 3.13. The fourth-order valence-electron chi connectivity index (χ4n) is 2.15. The van der Waals surface area contributed by atoms with Gasteiger partial charge in [0.05, 0.1) is 0 Å². The average molecular weight is 309 g/mol. The van der Waals surface area contributed by atoms with Gasteiger partial charge in [0.2, 0.25) is 0 Å². The van der Waals surface area contributed by atoms with E-state index in [0.29, 0.717) is 24.8 Å².